The van der Waals surface area contributed by atoms with E-state index in [1.165, 1.54) is 28.6 Å². The Kier molecular flexibility index (Phi) is 7.96. The van der Waals surface area contributed by atoms with Crippen molar-refractivity contribution < 1.29 is 32.2 Å². The number of morpholine rings is 2. The Labute approximate surface area is 222 Å². The van der Waals surface area contributed by atoms with Crippen molar-refractivity contribution in [1.29, 1.82) is 0 Å². The van der Waals surface area contributed by atoms with Gasteiger partial charge in [-0.15, -0.1) is 0 Å². The van der Waals surface area contributed by atoms with E-state index in [9.17, 15) is 18.0 Å². The molecule has 3 aliphatic rings. The van der Waals surface area contributed by atoms with E-state index in [1.807, 2.05) is 0 Å². The third-order valence-corrected chi connectivity index (χ3v) is 8.81. The van der Waals surface area contributed by atoms with Gasteiger partial charge in [0.25, 0.3) is 11.8 Å². The molecule has 0 spiro atoms. The Bertz CT molecular complexity index is 1270. The maximum atomic E-state index is 12.9. The van der Waals surface area contributed by atoms with E-state index >= 15 is 0 Å². The second kappa shape index (κ2) is 11.4. The van der Waals surface area contributed by atoms with Gasteiger partial charge in [-0.1, -0.05) is 0 Å². The van der Waals surface area contributed by atoms with Crippen LogP contribution in [0.5, 0.6) is 5.75 Å². The van der Waals surface area contributed by atoms with Crippen LogP contribution < -0.4 is 15.0 Å². The zero-order valence-corrected chi connectivity index (χ0v) is 22.1. The Morgan fingerprint density at radius 1 is 0.947 bits per heavy atom. The number of carbonyl (C=O) groups excluding carboxylic acids is 2. The molecule has 2 aromatic carbocycles. The number of amides is 2. The number of rotatable bonds is 7. The Balaban J connectivity index is 1.26. The number of ether oxygens (including phenoxy) is 3. The molecule has 0 aromatic heterocycles. The maximum Gasteiger partial charge on any atom is 0.267 e. The van der Waals surface area contributed by atoms with E-state index < -0.39 is 16.1 Å². The average Bonchev–Trinajstić information content (AvgIpc) is 2.94. The van der Waals surface area contributed by atoms with Crippen molar-refractivity contribution in [2.75, 3.05) is 75.9 Å². The predicted octanol–water partition coefficient (Wildman–Crippen LogP) is 1.41. The standard InChI is InChI=1S/C26H32N4O7S/c1-19-26(32)30(9-8-28-10-14-35-15-11-28)23-7-4-21(18-24(23)37-19)27-25(31)20-2-5-22(6-3-20)38(33,34)29-12-16-36-17-13-29/h2-7,18-19H,8-17H2,1H3,(H,27,31). The lowest BCUT2D eigenvalue weighted by Gasteiger charge is -2.35. The number of nitrogens with zero attached hydrogens (tertiary/aromatic N) is 3. The lowest BCUT2D eigenvalue weighted by molar-refractivity contribution is -0.125. The van der Waals surface area contributed by atoms with E-state index in [0.717, 1.165) is 19.6 Å². The molecule has 1 unspecified atom stereocenters. The largest absolute Gasteiger partial charge is 0.479 e. The molecular weight excluding hydrogens is 512 g/mol. The predicted molar refractivity (Wildman–Crippen MR) is 140 cm³/mol. The number of benzene rings is 2. The minimum Gasteiger partial charge on any atom is -0.479 e. The first-order valence-corrected chi connectivity index (χ1v) is 14.2. The molecule has 2 fully saturated rings. The van der Waals surface area contributed by atoms with Crippen molar-refractivity contribution in [2.45, 2.75) is 17.9 Å². The van der Waals surface area contributed by atoms with Gasteiger partial charge in [0.15, 0.2) is 6.10 Å². The summed E-state index contributed by atoms with van der Waals surface area (Å²) in [5, 5.41) is 2.83. The number of hydrogen-bond acceptors (Lipinski definition) is 8. The van der Waals surface area contributed by atoms with Crippen molar-refractivity contribution in [3.05, 3.63) is 48.0 Å². The number of fused-ring (bicyclic) bond motifs is 1. The number of carbonyl (C=O) groups is 2. The molecule has 3 heterocycles. The van der Waals surface area contributed by atoms with Gasteiger partial charge in [0.2, 0.25) is 10.0 Å². The molecule has 11 nitrogen and oxygen atoms in total. The van der Waals surface area contributed by atoms with Crippen LogP contribution in [-0.4, -0.2) is 101 Å². The van der Waals surface area contributed by atoms with Crippen LogP contribution in [-0.2, 0) is 24.3 Å². The summed E-state index contributed by atoms with van der Waals surface area (Å²) in [7, 11) is -3.64. The molecule has 12 heteroatoms. The summed E-state index contributed by atoms with van der Waals surface area (Å²) >= 11 is 0. The minimum absolute atomic E-state index is 0.102. The lowest BCUT2D eigenvalue weighted by Crippen LogP contribution is -2.48. The third-order valence-electron chi connectivity index (χ3n) is 6.89. The summed E-state index contributed by atoms with van der Waals surface area (Å²) in [6.45, 7) is 7.38. The summed E-state index contributed by atoms with van der Waals surface area (Å²) in [6, 6.07) is 11.1. The van der Waals surface area contributed by atoms with E-state index in [-0.39, 0.29) is 16.7 Å². The SMILES string of the molecule is CC1Oc2cc(NC(=O)c3ccc(S(=O)(=O)N4CCOCC4)cc3)ccc2N(CCN2CCOCC2)C1=O. The average molecular weight is 545 g/mol. The van der Waals surface area contributed by atoms with Gasteiger partial charge >= 0.3 is 0 Å². The van der Waals surface area contributed by atoms with E-state index in [4.69, 9.17) is 14.2 Å². The minimum atomic E-state index is -3.64. The van der Waals surface area contributed by atoms with Gasteiger partial charge in [-0.25, -0.2) is 8.42 Å². The molecule has 2 amide bonds. The van der Waals surface area contributed by atoms with Crippen LogP contribution in [0.2, 0.25) is 0 Å². The van der Waals surface area contributed by atoms with Crippen molar-refractivity contribution in [2.24, 2.45) is 0 Å². The van der Waals surface area contributed by atoms with Gasteiger partial charge in [-0.3, -0.25) is 14.5 Å². The Morgan fingerprint density at radius 3 is 2.29 bits per heavy atom. The highest BCUT2D eigenvalue weighted by atomic mass is 32.2. The molecule has 0 saturated carbocycles. The molecule has 2 aromatic rings. The number of anilines is 2. The van der Waals surface area contributed by atoms with Gasteiger partial charge in [0.1, 0.15) is 5.75 Å². The highest BCUT2D eigenvalue weighted by molar-refractivity contribution is 7.89. The molecule has 3 aliphatic heterocycles. The highest BCUT2D eigenvalue weighted by Crippen LogP contribution is 2.36. The van der Waals surface area contributed by atoms with E-state index in [2.05, 4.69) is 10.2 Å². The topological polar surface area (TPSA) is 118 Å². The second-order valence-corrected chi connectivity index (χ2v) is 11.3. The normalized spacial score (nSPS) is 21.0. The van der Waals surface area contributed by atoms with Gasteiger partial charge in [-0.2, -0.15) is 4.31 Å². The van der Waals surface area contributed by atoms with Crippen molar-refractivity contribution >= 4 is 33.2 Å². The third kappa shape index (κ3) is 5.69. The fourth-order valence-corrected chi connectivity index (χ4v) is 6.11. The monoisotopic (exact) mass is 544 g/mol. The fraction of sp³-hybridized carbons (Fsp3) is 0.462. The number of sulfonamides is 1. The van der Waals surface area contributed by atoms with Crippen molar-refractivity contribution in [3.63, 3.8) is 0 Å². The number of hydrogen-bond donors (Lipinski definition) is 1. The Hall–Kier alpha value is -3.03. The van der Waals surface area contributed by atoms with E-state index in [0.29, 0.717) is 68.7 Å². The van der Waals surface area contributed by atoms with Crippen LogP contribution >= 0.6 is 0 Å². The summed E-state index contributed by atoms with van der Waals surface area (Å²) in [5.74, 6) is 0.0304. The van der Waals surface area contributed by atoms with Gasteiger partial charge in [0, 0.05) is 56.6 Å². The Morgan fingerprint density at radius 2 is 1.61 bits per heavy atom. The van der Waals surface area contributed by atoms with Gasteiger partial charge < -0.3 is 24.4 Å². The summed E-state index contributed by atoms with van der Waals surface area (Å²) < 4.78 is 43.5. The second-order valence-electron chi connectivity index (χ2n) is 9.38. The highest BCUT2D eigenvalue weighted by Gasteiger charge is 2.32. The summed E-state index contributed by atoms with van der Waals surface area (Å²) in [5.41, 5.74) is 1.49. The first-order chi connectivity index (χ1) is 18.3. The summed E-state index contributed by atoms with van der Waals surface area (Å²) in [6.07, 6.45) is -0.640. The van der Waals surface area contributed by atoms with Crippen LogP contribution in [0, 0.1) is 0 Å². The molecule has 0 aliphatic carbocycles. The first kappa shape index (κ1) is 26.6. The molecule has 2 saturated heterocycles. The zero-order valence-electron chi connectivity index (χ0n) is 21.3. The molecule has 0 radical (unpaired) electrons. The molecule has 5 rings (SSSR count). The molecule has 204 valence electrons. The van der Waals surface area contributed by atoms with Crippen molar-refractivity contribution in [3.8, 4) is 5.75 Å². The molecular formula is C26H32N4O7S. The van der Waals surface area contributed by atoms with Gasteiger partial charge in [0.05, 0.1) is 37.0 Å². The molecule has 1 atom stereocenters. The number of nitrogens with one attached hydrogen (secondary N) is 1. The molecule has 0 bridgehead atoms. The molecule has 1 N–H and O–H groups in total. The van der Waals surface area contributed by atoms with Crippen LogP contribution in [0.15, 0.2) is 47.4 Å². The maximum absolute atomic E-state index is 12.9. The van der Waals surface area contributed by atoms with Crippen molar-refractivity contribution in [1.82, 2.24) is 9.21 Å². The zero-order chi connectivity index (χ0) is 26.7. The van der Waals surface area contributed by atoms with Crippen LogP contribution in [0.1, 0.15) is 17.3 Å². The van der Waals surface area contributed by atoms with Crippen LogP contribution in [0.3, 0.4) is 0 Å². The fourth-order valence-electron chi connectivity index (χ4n) is 4.70. The smallest absolute Gasteiger partial charge is 0.267 e. The first-order valence-electron chi connectivity index (χ1n) is 12.7. The molecule has 38 heavy (non-hydrogen) atoms. The van der Waals surface area contributed by atoms with Crippen LogP contribution in [0.25, 0.3) is 0 Å². The van der Waals surface area contributed by atoms with Gasteiger partial charge in [-0.05, 0) is 43.3 Å². The quantitative estimate of drug-likeness (QED) is 0.556. The van der Waals surface area contributed by atoms with E-state index in [1.54, 1.807) is 30.0 Å². The van der Waals surface area contributed by atoms with Crippen LogP contribution in [0.4, 0.5) is 11.4 Å². The summed E-state index contributed by atoms with van der Waals surface area (Å²) in [4.78, 5) is 29.9. The lowest BCUT2D eigenvalue weighted by atomic mass is 10.1.